The summed E-state index contributed by atoms with van der Waals surface area (Å²) >= 11 is 0. The zero-order valence-electron chi connectivity index (χ0n) is 12.3. The first-order valence-electron chi connectivity index (χ1n) is 7.14. The van der Waals surface area contributed by atoms with Crippen molar-refractivity contribution in [3.8, 4) is 0 Å². The summed E-state index contributed by atoms with van der Waals surface area (Å²) in [5.41, 5.74) is 2.94. The van der Waals surface area contributed by atoms with Crippen LogP contribution in [0.15, 0.2) is 18.2 Å². The molecule has 1 heterocycles. The Morgan fingerprint density at radius 3 is 2.95 bits per heavy atom. The summed E-state index contributed by atoms with van der Waals surface area (Å²) in [6.07, 6.45) is 2.76. The third-order valence-corrected chi connectivity index (χ3v) is 3.66. The number of ketones is 1. The van der Waals surface area contributed by atoms with Crippen LogP contribution in [0, 0.1) is 0 Å². The Labute approximate surface area is 120 Å². The second-order valence-electron chi connectivity index (χ2n) is 5.60. The molecule has 0 amide bonds. The Kier molecular flexibility index (Phi) is 5.34. The number of hydrogen-bond acceptors (Lipinski definition) is 4. The van der Waals surface area contributed by atoms with E-state index in [0.29, 0.717) is 25.9 Å². The molecule has 5 heteroatoms. The summed E-state index contributed by atoms with van der Waals surface area (Å²) in [5, 5.41) is 9.82. The molecule has 108 valence electrons. The van der Waals surface area contributed by atoms with Crippen molar-refractivity contribution < 1.29 is 14.5 Å². The van der Waals surface area contributed by atoms with Crippen LogP contribution in [-0.4, -0.2) is 43.5 Å². The number of carbonyl (C=O) groups is 1. The summed E-state index contributed by atoms with van der Waals surface area (Å²) in [7, 11) is 3.20. The number of Topliss-reactive ketones (excluding diaryl/α,β-unsaturated/α-hetero) is 1. The molecule has 0 aromatic heterocycles. The Morgan fingerprint density at radius 1 is 1.40 bits per heavy atom. The molecule has 0 fully saturated rings. The van der Waals surface area contributed by atoms with Crippen molar-refractivity contribution in [3.05, 3.63) is 29.3 Å². The van der Waals surface area contributed by atoms with Gasteiger partial charge in [-0.1, -0.05) is 18.2 Å². The summed E-state index contributed by atoms with van der Waals surface area (Å²) in [5.74, 6) is 0.290. The van der Waals surface area contributed by atoms with Crippen molar-refractivity contribution in [2.24, 2.45) is 0 Å². The fraction of sp³-hybridized carbons (Fsp3) is 0.533. The van der Waals surface area contributed by atoms with Gasteiger partial charge in [-0.3, -0.25) is 4.79 Å². The minimum absolute atomic E-state index is 0.290. The highest BCUT2D eigenvalue weighted by Gasteiger charge is 2.29. The molecule has 0 bridgehead atoms. The van der Waals surface area contributed by atoms with Crippen LogP contribution in [0.5, 0.6) is 0 Å². The molecule has 0 atom stereocenters. The van der Waals surface area contributed by atoms with Gasteiger partial charge in [0.25, 0.3) is 0 Å². The molecule has 1 aromatic carbocycles. The average Bonchev–Trinajstić information content (AvgIpc) is 2.78. The van der Waals surface area contributed by atoms with E-state index in [-0.39, 0.29) is 5.78 Å². The molecule has 4 nitrogen and oxygen atoms in total. The fourth-order valence-electron chi connectivity index (χ4n) is 2.57. The maximum Gasteiger partial charge on any atom is 0.492 e. The molecule has 0 saturated carbocycles. The molecule has 1 N–H and O–H groups in total. The maximum absolute atomic E-state index is 11.9. The van der Waals surface area contributed by atoms with E-state index in [4.69, 9.17) is 4.65 Å². The van der Waals surface area contributed by atoms with Gasteiger partial charge in [0.2, 0.25) is 0 Å². The predicted octanol–water partition coefficient (Wildman–Crippen LogP) is 0.748. The maximum atomic E-state index is 11.9. The number of rotatable bonds is 7. The molecular formula is C15H22BNO3. The van der Waals surface area contributed by atoms with Crippen LogP contribution >= 0.6 is 0 Å². The van der Waals surface area contributed by atoms with Crippen LogP contribution in [0.3, 0.4) is 0 Å². The van der Waals surface area contributed by atoms with Gasteiger partial charge in [-0.2, -0.15) is 0 Å². The average molecular weight is 275 g/mol. The Bertz CT molecular complexity index is 476. The molecule has 1 aromatic rings. The normalized spacial score (nSPS) is 13.9. The molecule has 0 spiro atoms. The second-order valence-corrected chi connectivity index (χ2v) is 5.60. The van der Waals surface area contributed by atoms with Gasteiger partial charge in [0, 0.05) is 12.8 Å². The van der Waals surface area contributed by atoms with E-state index >= 15 is 0 Å². The van der Waals surface area contributed by atoms with E-state index < -0.39 is 7.12 Å². The first kappa shape index (κ1) is 15.2. The third-order valence-electron chi connectivity index (χ3n) is 3.66. The van der Waals surface area contributed by atoms with Crippen LogP contribution in [0.25, 0.3) is 0 Å². The highest BCUT2D eigenvalue weighted by Crippen LogP contribution is 2.14. The zero-order valence-corrected chi connectivity index (χ0v) is 12.3. The summed E-state index contributed by atoms with van der Waals surface area (Å²) in [6.45, 7) is 1.40. The molecule has 0 saturated heterocycles. The van der Waals surface area contributed by atoms with Gasteiger partial charge in [-0.05, 0) is 50.1 Å². The van der Waals surface area contributed by atoms with Crippen LogP contribution in [-0.2, 0) is 22.5 Å². The van der Waals surface area contributed by atoms with Gasteiger partial charge < -0.3 is 14.6 Å². The molecule has 0 radical (unpaired) electrons. The quantitative estimate of drug-likeness (QED) is 0.746. The molecule has 2 rings (SSSR count). The number of carbonyl (C=O) groups excluding carboxylic acids is 1. The van der Waals surface area contributed by atoms with Crippen molar-refractivity contribution in [3.63, 3.8) is 0 Å². The smallest absolute Gasteiger partial charge is 0.423 e. The fourth-order valence-corrected chi connectivity index (χ4v) is 2.57. The van der Waals surface area contributed by atoms with Crippen LogP contribution in [0.4, 0.5) is 0 Å². The number of fused-ring (bicyclic) bond motifs is 1. The third kappa shape index (κ3) is 3.92. The minimum atomic E-state index is -0.829. The largest absolute Gasteiger partial charge is 0.492 e. The van der Waals surface area contributed by atoms with Crippen LogP contribution < -0.4 is 5.46 Å². The first-order valence-corrected chi connectivity index (χ1v) is 7.14. The molecule has 1 aliphatic rings. The highest BCUT2D eigenvalue weighted by atomic mass is 16.5. The lowest BCUT2D eigenvalue weighted by atomic mass is 9.75. The van der Waals surface area contributed by atoms with Gasteiger partial charge in [0.15, 0.2) is 0 Å². The summed E-state index contributed by atoms with van der Waals surface area (Å²) in [4.78, 5) is 14.0. The van der Waals surface area contributed by atoms with E-state index in [9.17, 15) is 9.82 Å². The van der Waals surface area contributed by atoms with Crippen molar-refractivity contribution in [1.82, 2.24) is 4.90 Å². The van der Waals surface area contributed by atoms with Gasteiger partial charge in [0.05, 0.1) is 6.61 Å². The topological polar surface area (TPSA) is 49.8 Å². The standard InChI is InChI=1S/C15H22BNO3/c1-17(2)10-4-7-14(18)9-8-12-5-3-6-13-11-20-16(19)15(12)13/h3,5-6,19H,4,7-11H2,1-2H3. The van der Waals surface area contributed by atoms with Crippen molar-refractivity contribution in [2.45, 2.75) is 32.3 Å². The number of hydrogen-bond donors (Lipinski definition) is 1. The lowest BCUT2D eigenvalue weighted by molar-refractivity contribution is -0.119. The Balaban J connectivity index is 1.86. The van der Waals surface area contributed by atoms with E-state index in [2.05, 4.69) is 4.90 Å². The molecule has 0 unspecified atom stereocenters. The SMILES string of the molecule is CN(C)CCCC(=O)CCc1cccc2c1B(O)OC2. The van der Waals surface area contributed by atoms with Crippen LogP contribution in [0.1, 0.15) is 30.4 Å². The van der Waals surface area contributed by atoms with Crippen molar-refractivity contribution >= 4 is 18.4 Å². The van der Waals surface area contributed by atoms with Crippen molar-refractivity contribution in [1.29, 1.82) is 0 Å². The Morgan fingerprint density at radius 2 is 2.20 bits per heavy atom. The zero-order chi connectivity index (χ0) is 14.5. The van der Waals surface area contributed by atoms with E-state index in [1.165, 1.54) is 0 Å². The summed E-state index contributed by atoms with van der Waals surface area (Å²) < 4.78 is 5.23. The lowest BCUT2D eigenvalue weighted by Gasteiger charge is -2.09. The second kappa shape index (κ2) is 7.02. The van der Waals surface area contributed by atoms with Gasteiger partial charge in [-0.15, -0.1) is 0 Å². The van der Waals surface area contributed by atoms with Crippen LogP contribution in [0.2, 0.25) is 0 Å². The molecule has 20 heavy (non-hydrogen) atoms. The minimum Gasteiger partial charge on any atom is -0.423 e. The van der Waals surface area contributed by atoms with E-state index in [1.54, 1.807) is 0 Å². The first-order chi connectivity index (χ1) is 9.58. The number of aryl methyl sites for hydroxylation is 1. The molecule has 0 aliphatic carbocycles. The Hall–Kier alpha value is -1.17. The molecule has 1 aliphatic heterocycles. The van der Waals surface area contributed by atoms with E-state index in [0.717, 1.165) is 29.6 Å². The summed E-state index contributed by atoms with van der Waals surface area (Å²) in [6, 6.07) is 5.91. The van der Waals surface area contributed by atoms with E-state index in [1.807, 2.05) is 32.3 Å². The highest BCUT2D eigenvalue weighted by molar-refractivity contribution is 6.62. The number of benzene rings is 1. The monoisotopic (exact) mass is 275 g/mol. The molecular weight excluding hydrogens is 253 g/mol. The number of nitrogens with zero attached hydrogens (tertiary/aromatic N) is 1. The lowest BCUT2D eigenvalue weighted by Crippen LogP contribution is -2.31. The van der Waals surface area contributed by atoms with Gasteiger partial charge in [0.1, 0.15) is 5.78 Å². The van der Waals surface area contributed by atoms with Gasteiger partial charge in [-0.25, -0.2) is 0 Å². The van der Waals surface area contributed by atoms with Gasteiger partial charge >= 0.3 is 7.12 Å². The van der Waals surface area contributed by atoms with Crippen molar-refractivity contribution in [2.75, 3.05) is 20.6 Å². The predicted molar refractivity (Wildman–Crippen MR) is 80.0 cm³/mol.